The predicted octanol–water partition coefficient (Wildman–Crippen LogP) is 0.685. The number of urea groups is 1. The highest BCUT2D eigenvalue weighted by Gasteiger charge is 2.35. The minimum Gasteiger partial charge on any atom is -0.481 e. The second kappa shape index (κ2) is 7.31. The van der Waals surface area contributed by atoms with Gasteiger partial charge in [0, 0.05) is 0 Å². The summed E-state index contributed by atoms with van der Waals surface area (Å²) in [5.74, 6) is -3.34. The number of aromatic nitrogens is 2. The van der Waals surface area contributed by atoms with Crippen molar-refractivity contribution in [2.75, 3.05) is 18.5 Å². The van der Waals surface area contributed by atoms with Gasteiger partial charge in [0.05, 0.1) is 25.8 Å². The third kappa shape index (κ3) is 3.54. The third-order valence-corrected chi connectivity index (χ3v) is 4.80. The Bertz CT molecular complexity index is 966. The maximum Gasteiger partial charge on any atom is 0.339 e. The van der Waals surface area contributed by atoms with Gasteiger partial charge in [-0.2, -0.15) is 14.4 Å². The zero-order valence-corrected chi connectivity index (χ0v) is 14.4. The SMILES string of the molecule is COC(=O)c1ccccc1S(=O)(=O)N(C(N)=O)c1nc(F)cc(OC)n1. The molecule has 0 radical (unpaired) electrons. The topological polar surface area (TPSA) is 142 Å². The average Bonchev–Trinajstić information content (AvgIpc) is 2.60. The highest BCUT2D eigenvalue weighted by atomic mass is 32.2. The normalized spacial score (nSPS) is 10.9. The van der Waals surface area contributed by atoms with Crippen LogP contribution in [0.25, 0.3) is 0 Å². The molecule has 0 saturated carbocycles. The van der Waals surface area contributed by atoms with Gasteiger partial charge < -0.3 is 15.2 Å². The number of methoxy groups -OCH3 is 2. The summed E-state index contributed by atoms with van der Waals surface area (Å²) in [4.78, 5) is 29.9. The van der Waals surface area contributed by atoms with Gasteiger partial charge in [-0.3, -0.25) is 0 Å². The number of ether oxygens (including phenoxy) is 2. The van der Waals surface area contributed by atoms with E-state index in [1.165, 1.54) is 18.2 Å². The summed E-state index contributed by atoms with van der Waals surface area (Å²) in [6, 6.07) is 4.18. The molecule has 0 unspecified atom stereocenters. The van der Waals surface area contributed by atoms with E-state index in [9.17, 15) is 22.4 Å². The number of nitrogens with zero attached hydrogens (tertiary/aromatic N) is 3. The highest BCUT2D eigenvalue weighted by Crippen LogP contribution is 2.25. The van der Waals surface area contributed by atoms with Crippen LogP contribution in [0.15, 0.2) is 35.2 Å². The van der Waals surface area contributed by atoms with Crippen LogP contribution in [0.5, 0.6) is 5.88 Å². The Labute approximate surface area is 147 Å². The molecule has 0 aliphatic carbocycles. The third-order valence-electron chi connectivity index (χ3n) is 3.06. The fraction of sp³-hybridized carbons (Fsp3) is 0.143. The van der Waals surface area contributed by atoms with E-state index < -0.39 is 38.8 Å². The zero-order chi connectivity index (χ0) is 19.5. The summed E-state index contributed by atoms with van der Waals surface area (Å²) >= 11 is 0. The lowest BCUT2D eigenvalue weighted by Gasteiger charge is -2.19. The van der Waals surface area contributed by atoms with E-state index in [1.807, 2.05) is 0 Å². The number of nitrogens with two attached hydrogens (primary N) is 1. The van der Waals surface area contributed by atoms with Crippen LogP contribution in [0.2, 0.25) is 0 Å². The lowest BCUT2D eigenvalue weighted by Crippen LogP contribution is -2.42. The summed E-state index contributed by atoms with van der Waals surface area (Å²) in [7, 11) is -2.56. The van der Waals surface area contributed by atoms with Crippen molar-refractivity contribution in [2.45, 2.75) is 4.90 Å². The molecule has 0 fully saturated rings. The van der Waals surface area contributed by atoms with E-state index in [0.29, 0.717) is 0 Å². The zero-order valence-electron chi connectivity index (χ0n) is 13.5. The van der Waals surface area contributed by atoms with Crippen molar-refractivity contribution in [2.24, 2.45) is 5.73 Å². The van der Waals surface area contributed by atoms with Gasteiger partial charge in [0.2, 0.25) is 11.8 Å². The number of benzene rings is 1. The van der Waals surface area contributed by atoms with Crippen LogP contribution in [0.1, 0.15) is 10.4 Å². The first kappa shape index (κ1) is 19.1. The average molecular weight is 384 g/mol. The number of primary amides is 1. The van der Waals surface area contributed by atoms with Crippen molar-refractivity contribution in [3.8, 4) is 5.88 Å². The second-order valence-corrected chi connectivity index (χ2v) is 6.38. The summed E-state index contributed by atoms with van der Waals surface area (Å²) in [5.41, 5.74) is 4.78. The number of esters is 1. The van der Waals surface area contributed by atoms with E-state index in [2.05, 4.69) is 14.7 Å². The summed E-state index contributed by atoms with van der Waals surface area (Å²) in [5, 5.41) is 0. The molecule has 0 aliphatic rings. The van der Waals surface area contributed by atoms with Crippen molar-refractivity contribution >= 4 is 28.0 Å². The van der Waals surface area contributed by atoms with Gasteiger partial charge in [-0.25, -0.2) is 18.0 Å². The van der Waals surface area contributed by atoms with Crippen molar-refractivity contribution < 1.29 is 31.9 Å². The maximum atomic E-state index is 13.6. The number of sulfonamides is 1. The number of anilines is 1. The standard InChI is InChI=1S/C14H13FN4O6S/c1-24-11-7-10(15)17-14(18-11)19(13(16)21)26(22,23)9-6-4-3-5-8(9)12(20)25-2/h3-7H,1-2H3,(H2,16,21). The molecule has 0 aliphatic heterocycles. The van der Waals surface area contributed by atoms with Gasteiger partial charge >= 0.3 is 12.0 Å². The second-order valence-electron chi connectivity index (χ2n) is 4.63. The van der Waals surface area contributed by atoms with Crippen LogP contribution in [0, 0.1) is 5.95 Å². The van der Waals surface area contributed by atoms with Gasteiger partial charge in [0.15, 0.2) is 0 Å². The van der Waals surface area contributed by atoms with E-state index in [1.54, 1.807) is 0 Å². The van der Waals surface area contributed by atoms with Crippen LogP contribution in [0.3, 0.4) is 0 Å². The van der Waals surface area contributed by atoms with Crippen molar-refractivity contribution in [3.05, 3.63) is 41.8 Å². The molecular weight excluding hydrogens is 371 g/mol. The van der Waals surface area contributed by atoms with E-state index in [4.69, 9.17) is 10.5 Å². The van der Waals surface area contributed by atoms with Crippen molar-refractivity contribution in [1.29, 1.82) is 0 Å². The minimum absolute atomic E-state index is 0.0413. The largest absolute Gasteiger partial charge is 0.481 e. The van der Waals surface area contributed by atoms with Crippen LogP contribution in [-0.4, -0.2) is 44.6 Å². The monoisotopic (exact) mass is 384 g/mol. The smallest absolute Gasteiger partial charge is 0.339 e. The molecule has 0 saturated heterocycles. The molecule has 26 heavy (non-hydrogen) atoms. The van der Waals surface area contributed by atoms with Gasteiger partial charge in [0.1, 0.15) is 4.90 Å². The predicted molar refractivity (Wildman–Crippen MR) is 85.6 cm³/mol. The number of hydrogen-bond acceptors (Lipinski definition) is 8. The summed E-state index contributed by atoms with van der Waals surface area (Å²) < 4.78 is 48.6. The van der Waals surface area contributed by atoms with Crippen molar-refractivity contribution in [1.82, 2.24) is 9.97 Å². The highest BCUT2D eigenvalue weighted by molar-refractivity contribution is 7.93. The first-order valence-corrected chi connectivity index (χ1v) is 8.27. The molecule has 1 heterocycles. The van der Waals surface area contributed by atoms with Crippen molar-refractivity contribution in [3.63, 3.8) is 0 Å². The molecular formula is C14H13FN4O6S. The molecule has 0 spiro atoms. The Morgan fingerprint density at radius 1 is 1.19 bits per heavy atom. The Balaban J connectivity index is 2.70. The fourth-order valence-corrected chi connectivity index (χ4v) is 3.38. The Morgan fingerprint density at radius 2 is 1.85 bits per heavy atom. The number of rotatable bonds is 5. The molecule has 10 nitrogen and oxygen atoms in total. The first-order chi connectivity index (χ1) is 12.2. The molecule has 2 N–H and O–H groups in total. The quantitative estimate of drug-likeness (QED) is 0.586. The lowest BCUT2D eigenvalue weighted by molar-refractivity contribution is 0.0596. The summed E-state index contributed by atoms with van der Waals surface area (Å²) in [6.07, 6.45) is 0. The molecule has 138 valence electrons. The lowest BCUT2D eigenvalue weighted by atomic mass is 10.2. The molecule has 1 aromatic carbocycles. The van der Waals surface area contributed by atoms with E-state index >= 15 is 0 Å². The molecule has 0 bridgehead atoms. The first-order valence-electron chi connectivity index (χ1n) is 6.83. The fourth-order valence-electron chi connectivity index (χ4n) is 1.97. The molecule has 1 aromatic heterocycles. The van der Waals surface area contributed by atoms with Gasteiger partial charge in [-0.15, -0.1) is 4.31 Å². The summed E-state index contributed by atoms with van der Waals surface area (Å²) in [6.45, 7) is 0. The molecule has 2 amide bonds. The van der Waals surface area contributed by atoms with Gasteiger partial charge in [-0.1, -0.05) is 12.1 Å². The van der Waals surface area contributed by atoms with Crippen LogP contribution < -0.4 is 14.8 Å². The minimum atomic E-state index is -4.77. The van der Waals surface area contributed by atoms with Crippen LogP contribution in [-0.2, 0) is 14.8 Å². The van der Waals surface area contributed by atoms with E-state index in [-0.39, 0.29) is 15.7 Å². The molecule has 2 rings (SSSR count). The van der Waals surface area contributed by atoms with Gasteiger partial charge in [0.25, 0.3) is 16.0 Å². The maximum absolute atomic E-state index is 13.6. The number of amides is 2. The number of halogens is 1. The number of carbonyl (C=O) groups excluding carboxylic acids is 2. The van der Waals surface area contributed by atoms with E-state index in [0.717, 1.165) is 26.4 Å². The molecule has 2 aromatic rings. The molecule has 12 heteroatoms. The van der Waals surface area contributed by atoms with Crippen LogP contribution >= 0.6 is 0 Å². The Hall–Kier alpha value is -3.28. The number of carbonyl (C=O) groups is 2. The Kier molecular flexibility index (Phi) is 5.35. The Morgan fingerprint density at radius 3 is 2.42 bits per heavy atom. The molecule has 0 atom stereocenters. The van der Waals surface area contributed by atoms with Gasteiger partial charge in [-0.05, 0) is 12.1 Å². The number of hydrogen-bond donors (Lipinski definition) is 1. The van der Waals surface area contributed by atoms with Crippen LogP contribution in [0.4, 0.5) is 15.1 Å².